The van der Waals surface area contributed by atoms with Gasteiger partial charge in [0.15, 0.2) is 0 Å². The zero-order valence-corrected chi connectivity index (χ0v) is 5.86. The molecule has 1 aliphatic carbocycles. The lowest BCUT2D eigenvalue weighted by Crippen LogP contribution is -2.22. The Labute approximate surface area is 60.2 Å². The molecule has 5 atom stereocenters. The number of rotatable bonds is 1. The first-order chi connectivity index (χ1) is 4.90. The average molecular weight is 140 g/mol. The van der Waals surface area contributed by atoms with E-state index in [0.717, 1.165) is 18.3 Å². The summed E-state index contributed by atoms with van der Waals surface area (Å²) in [5, 5.41) is 8.94. The van der Waals surface area contributed by atoms with Gasteiger partial charge in [0.25, 0.3) is 0 Å². The monoisotopic (exact) mass is 140 g/mol. The van der Waals surface area contributed by atoms with E-state index in [1.54, 1.807) is 0 Å². The van der Waals surface area contributed by atoms with Crippen LogP contribution in [-0.2, 0) is 4.74 Å². The fourth-order valence-electron chi connectivity index (χ4n) is 2.75. The van der Waals surface area contributed by atoms with Crippen LogP contribution in [0.15, 0.2) is 0 Å². The Kier molecular flexibility index (Phi) is 0.868. The van der Waals surface area contributed by atoms with E-state index in [4.69, 9.17) is 9.84 Å². The van der Waals surface area contributed by atoms with Crippen molar-refractivity contribution in [1.29, 1.82) is 0 Å². The van der Waals surface area contributed by atoms with Crippen LogP contribution in [0.2, 0.25) is 0 Å². The Morgan fingerprint density at radius 3 is 2.80 bits per heavy atom. The second-order valence-electron chi connectivity index (χ2n) is 3.88. The fourth-order valence-corrected chi connectivity index (χ4v) is 2.75. The van der Waals surface area contributed by atoms with Crippen molar-refractivity contribution in [2.45, 2.75) is 25.0 Å². The van der Waals surface area contributed by atoms with Gasteiger partial charge in [-0.05, 0) is 24.7 Å². The predicted octanol–water partition coefficient (Wildman–Crippen LogP) is 0.402. The third-order valence-corrected chi connectivity index (χ3v) is 3.36. The molecule has 1 saturated carbocycles. The SMILES string of the molecule is OCC1CC2OC1C1CC21. The summed E-state index contributed by atoms with van der Waals surface area (Å²) >= 11 is 0. The molecule has 2 aliphatic heterocycles. The van der Waals surface area contributed by atoms with E-state index in [9.17, 15) is 0 Å². The molecule has 56 valence electrons. The van der Waals surface area contributed by atoms with Gasteiger partial charge in [-0.3, -0.25) is 0 Å². The van der Waals surface area contributed by atoms with E-state index in [-0.39, 0.29) is 0 Å². The van der Waals surface area contributed by atoms with Crippen LogP contribution in [0.3, 0.4) is 0 Å². The summed E-state index contributed by atoms with van der Waals surface area (Å²) in [5.41, 5.74) is 0. The highest BCUT2D eigenvalue weighted by atomic mass is 16.5. The zero-order valence-electron chi connectivity index (χ0n) is 5.86. The van der Waals surface area contributed by atoms with Gasteiger partial charge in [-0.25, -0.2) is 0 Å². The number of hydrogen-bond donors (Lipinski definition) is 1. The van der Waals surface area contributed by atoms with Crippen LogP contribution in [0.1, 0.15) is 12.8 Å². The molecule has 5 unspecified atom stereocenters. The molecule has 0 aromatic carbocycles. The van der Waals surface area contributed by atoms with Crippen LogP contribution in [0, 0.1) is 17.8 Å². The normalized spacial score (nSPS) is 62.7. The molecule has 10 heavy (non-hydrogen) atoms. The number of ether oxygens (including phenoxy) is 1. The van der Waals surface area contributed by atoms with Gasteiger partial charge >= 0.3 is 0 Å². The van der Waals surface area contributed by atoms with Crippen molar-refractivity contribution in [3.63, 3.8) is 0 Å². The highest BCUT2D eigenvalue weighted by molar-refractivity contribution is 5.10. The van der Waals surface area contributed by atoms with Crippen LogP contribution in [0.4, 0.5) is 0 Å². The Bertz CT molecular complexity index is 169. The summed E-state index contributed by atoms with van der Waals surface area (Å²) in [6, 6.07) is 0. The summed E-state index contributed by atoms with van der Waals surface area (Å²) in [7, 11) is 0. The van der Waals surface area contributed by atoms with Crippen molar-refractivity contribution >= 4 is 0 Å². The lowest BCUT2D eigenvalue weighted by Gasteiger charge is -2.14. The third kappa shape index (κ3) is 0.487. The summed E-state index contributed by atoms with van der Waals surface area (Å²) in [6.07, 6.45) is 3.49. The third-order valence-electron chi connectivity index (χ3n) is 3.36. The minimum Gasteiger partial charge on any atom is -0.396 e. The fraction of sp³-hybridized carbons (Fsp3) is 1.00. The van der Waals surface area contributed by atoms with Crippen molar-refractivity contribution < 1.29 is 9.84 Å². The highest BCUT2D eigenvalue weighted by Crippen LogP contribution is 2.60. The predicted molar refractivity (Wildman–Crippen MR) is 35.5 cm³/mol. The minimum absolute atomic E-state index is 0.338. The average Bonchev–Trinajstić information content (AvgIpc) is 2.58. The summed E-state index contributed by atoms with van der Waals surface area (Å²) in [4.78, 5) is 0. The zero-order chi connectivity index (χ0) is 6.72. The molecule has 2 nitrogen and oxygen atoms in total. The molecule has 0 amide bonds. The summed E-state index contributed by atoms with van der Waals surface area (Å²) in [5.74, 6) is 2.22. The molecule has 2 saturated heterocycles. The van der Waals surface area contributed by atoms with Crippen molar-refractivity contribution in [3.05, 3.63) is 0 Å². The maximum absolute atomic E-state index is 8.94. The van der Waals surface area contributed by atoms with Crippen LogP contribution < -0.4 is 0 Å². The number of hydrogen-bond acceptors (Lipinski definition) is 2. The second-order valence-corrected chi connectivity index (χ2v) is 3.88. The van der Waals surface area contributed by atoms with E-state index >= 15 is 0 Å². The molecular weight excluding hydrogens is 128 g/mol. The van der Waals surface area contributed by atoms with E-state index in [2.05, 4.69) is 0 Å². The van der Waals surface area contributed by atoms with Gasteiger partial charge in [-0.1, -0.05) is 0 Å². The first kappa shape index (κ1) is 5.56. The standard InChI is InChI=1S/C8H12O2/c9-3-4-1-7-5-2-6(5)8(4)10-7/h4-9H,1-3H2. The molecule has 3 aliphatic rings. The van der Waals surface area contributed by atoms with Crippen LogP contribution in [0.25, 0.3) is 0 Å². The van der Waals surface area contributed by atoms with Crippen LogP contribution in [0.5, 0.6) is 0 Å². The van der Waals surface area contributed by atoms with Gasteiger partial charge in [-0.15, -0.1) is 0 Å². The smallest absolute Gasteiger partial charge is 0.0661 e. The summed E-state index contributed by atoms with van der Waals surface area (Å²) in [6.45, 7) is 0.338. The molecule has 2 heterocycles. The number of fused-ring (bicyclic) bond motifs is 5. The van der Waals surface area contributed by atoms with Crippen LogP contribution >= 0.6 is 0 Å². The first-order valence-corrected chi connectivity index (χ1v) is 4.16. The van der Waals surface area contributed by atoms with E-state index in [1.165, 1.54) is 6.42 Å². The van der Waals surface area contributed by atoms with Gasteiger partial charge in [-0.2, -0.15) is 0 Å². The summed E-state index contributed by atoms with van der Waals surface area (Å²) < 4.78 is 5.68. The molecule has 2 heteroatoms. The highest BCUT2D eigenvalue weighted by Gasteiger charge is 2.62. The van der Waals surface area contributed by atoms with E-state index in [1.807, 2.05) is 0 Å². The topological polar surface area (TPSA) is 29.5 Å². The Hall–Kier alpha value is -0.0800. The molecule has 0 radical (unpaired) electrons. The number of aliphatic hydroxyl groups excluding tert-OH is 1. The molecule has 1 N–H and O–H groups in total. The maximum atomic E-state index is 8.94. The van der Waals surface area contributed by atoms with Gasteiger partial charge in [0.1, 0.15) is 0 Å². The van der Waals surface area contributed by atoms with Crippen molar-refractivity contribution in [3.8, 4) is 0 Å². The van der Waals surface area contributed by atoms with Crippen molar-refractivity contribution in [2.24, 2.45) is 17.8 Å². The van der Waals surface area contributed by atoms with Gasteiger partial charge in [0.05, 0.1) is 12.2 Å². The molecule has 3 rings (SSSR count). The molecule has 0 aromatic heterocycles. The van der Waals surface area contributed by atoms with E-state index < -0.39 is 0 Å². The van der Waals surface area contributed by atoms with Gasteiger partial charge in [0.2, 0.25) is 0 Å². The van der Waals surface area contributed by atoms with Gasteiger partial charge < -0.3 is 9.84 Å². The lowest BCUT2D eigenvalue weighted by atomic mass is 9.90. The Morgan fingerprint density at radius 1 is 1.30 bits per heavy atom. The van der Waals surface area contributed by atoms with Crippen LogP contribution in [-0.4, -0.2) is 23.9 Å². The molecule has 0 aromatic rings. The largest absolute Gasteiger partial charge is 0.396 e. The number of aliphatic hydroxyl groups is 1. The maximum Gasteiger partial charge on any atom is 0.0661 e. The molecular formula is C8H12O2. The lowest BCUT2D eigenvalue weighted by molar-refractivity contribution is 0.0511. The molecule has 0 spiro atoms. The van der Waals surface area contributed by atoms with E-state index in [0.29, 0.717) is 24.7 Å². The van der Waals surface area contributed by atoms with Crippen molar-refractivity contribution in [2.75, 3.05) is 6.61 Å². The quantitative estimate of drug-likeness (QED) is 0.571. The first-order valence-electron chi connectivity index (χ1n) is 4.16. The second kappa shape index (κ2) is 1.56. The molecule has 3 fully saturated rings. The minimum atomic E-state index is 0.338. The Balaban J connectivity index is 1.85. The van der Waals surface area contributed by atoms with Crippen molar-refractivity contribution in [1.82, 2.24) is 0 Å². The molecule has 2 bridgehead atoms. The Morgan fingerprint density at radius 2 is 2.20 bits per heavy atom. The van der Waals surface area contributed by atoms with Gasteiger partial charge in [0, 0.05) is 12.5 Å².